The van der Waals surface area contributed by atoms with Crippen molar-refractivity contribution in [1.82, 2.24) is 10.2 Å². The highest BCUT2D eigenvalue weighted by Crippen LogP contribution is 2.46. The SMILES string of the molecule is CS(=O)c1c(C#N)n[nH]c1-c1c(Cl)cc(C(F)(F)F)c(N)c1Cl. The van der Waals surface area contributed by atoms with E-state index in [9.17, 15) is 17.4 Å². The molecule has 0 fully saturated rings. The molecule has 1 heterocycles. The van der Waals surface area contributed by atoms with Crippen molar-refractivity contribution in [2.75, 3.05) is 12.0 Å². The van der Waals surface area contributed by atoms with Crippen molar-refractivity contribution in [2.24, 2.45) is 0 Å². The quantitative estimate of drug-likeness (QED) is 0.775. The fraction of sp³-hybridized carbons (Fsp3) is 0.167. The van der Waals surface area contributed by atoms with Crippen LogP contribution in [0.5, 0.6) is 0 Å². The molecular formula is C12H7Cl2F3N4OS. The summed E-state index contributed by atoms with van der Waals surface area (Å²) in [5.41, 5.74) is 3.26. The molecule has 2 aromatic rings. The van der Waals surface area contributed by atoms with Gasteiger partial charge in [-0.2, -0.15) is 23.5 Å². The summed E-state index contributed by atoms with van der Waals surface area (Å²) in [7, 11) is -1.66. The first-order valence-electron chi connectivity index (χ1n) is 5.76. The fourth-order valence-corrected chi connectivity index (χ4v) is 3.40. The van der Waals surface area contributed by atoms with Crippen molar-refractivity contribution in [3.05, 3.63) is 27.4 Å². The number of nitrogen functional groups attached to an aromatic ring is 1. The van der Waals surface area contributed by atoms with E-state index in [2.05, 4.69) is 10.2 Å². The lowest BCUT2D eigenvalue weighted by molar-refractivity contribution is -0.136. The molecule has 5 nitrogen and oxygen atoms in total. The molecule has 1 aromatic heterocycles. The van der Waals surface area contributed by atoms with Gasteiger partial charge in [0, 0.05) is 11.8 Å². The van der Waals surface area contributed by atoms with Crippen molar-refractivity contribution in [3.63, 3.8) is 0 Å². The number of nitriles is 1. The van der Waals surface area contributed by atoms with Crippen molar-refractivity contribution in [2.45, 2.75) is 11.1 Å². The highest BCUT2D eigenvalue weighted by atomic mass is 35.5. The molecule has 1 atom stereocenters. The number of aromatic amines is 1. The number of nitrogens with one attached hydrogen (secondary N) is 1. The third-order valence-electron chi connectivity index (χ3n) is 2.93. The number of rotatable bonds is 2. The van der Waals surface area contributed by atoms with E-state index < -0.39 is 33.2 Å². The Labute approximate surface area is 140 Å². The second kappa shape index (κ2) is 6.03. The van der Waals surface area contributed by atoms with Gasteiger partial charge in [0.15, 0.2) is 5.69 Å². The molecule has 0 saturated carbocycles. The van der Waals surface area contributed by atoms with Gasteiger partial charge in [-0.15, -0.1) is 0 Å². The van der Waals surface area contributed by atoms with E-state index in [1.807, 2.05) is 0 Å². The van der Waals surface area contributed by atoms with Crippen LogP contribution in [-0.2, 0) is 17.0 Å². The molecule has 0 radical (unpaired) electrons. The van der Waals surface area contributed by atoms with Gasteiger partial charge in [0.25, 0.3) is 0 Å². The monoisotopic (exact) mass is 382 g/mol. The number of aromatic nitrogens is 2. The molecule has 23 heavy (non-hydrogen) atoms. The van der Waals surface area contributed by atoms with Crippen molar-refractivity contribution in [1.29, 1.82) is 5.26 Å². The van der Waals surface area contributed by atoms with Crippen LogP contribution in [0, 0.1) is 11.3 Å². The second-order valence-electron chi connectivity index (χ2n) is 4.35. The number of hydrogen-bond acceptors (Lipinski definition) is 4. The predicted molar refractivity (Wildman–Crippen MR) is 80.5 cm³/mol. The summed E-state index contributed by atoms with van der Waals surface area (Å²) in [6.07, 6.45) is -3.46. The molecule has 0 bridgehead atoms. The van der Waals surface area contributed by atoms with Gasteiger partial charge in [-0.1, -0.05) is 23.2 Å². The number of nitrogens with two attached hydrogens (primary N) is 1. The minimum absolute atomic E-state index is 0.0159. The lowest BCUT2D eigenvalue weighted by Crippen LogP contribution is -2.10. The summed E-state index contributed by atoms with van der Waals surface area (Å²) in [4.78, 5) is -0.0181. The topological polar surface area (TPSA) is 95.6 Å². The first-order chi connectivity index (χ1) is 10.6. The average molecular weight is 383 g/mol. The minimum atomic E-state index is -4.74. The summed E-state index contributed by atoms with van der Waals surface area (Å²) < 4.78 is 50.5. The first-order valence-corrected chi connectivity index (χ1v) is 8.07. The van der Waals surface area contributed by atoms with Gasteiger partial charge in [0.05, 0.1) is 37.8 Å². The number of alkyl halides is 3. The minimum Gasteiger partial charge on any atom is -0.397 e. The lowest BCUT2D eigenvalue weighted by atomic mass is 10.1. The Bertz CT molecular complexity index is 857. The van der Waals surface area contributed by atoms with E-state index >= 15 is 0 Å². The lowest BCUT2D eigenvalue weighted by Gasteiger charge is -2.15. The van der Waals surface area contributed by atoms with Crippen LogP contribution in [0.25, 0.3) is 11.3 Å². The Morgan fingerprint density at radius 1 is 1.43 bits per heavy atom. The zero-order valence-electron chi connectivity index (χ0n) is 11.3. The molecule has 0 aliphatic heterocycles. The maximum Gasteiger partial charge on any atom is 0.418 e. The Kier molecular flexibility index (Phi) is 4.61. The zero-order valence-corrected chi connectivity index (χ0v) is 13.6. The smallest absolute Gasteiger partial charge is 0.397 e. The van der Waals surface area contributed by atoms with Crippen LogP contribution in [0.1, 0.15) is 11.3 Å². The Hall–Kier alpha value is -1.76. The van der Waals surface area contributed by atoms with E-state index in [0.717, 1.165) is 0 Å². The fourth-order valence-electron chi connectivity index (χ4n) is 1.95. The summed E-state index contributed by atoms with van der Waals surface area (Å²) in [5, 5.41) is 14.2. The van der Waals surface area contributed by atoms with Crippen molar-refractivity contribution < 1.29 is 17.4 Å². The largest absolute Gasteiger partial charge is 0.418 e. The first kappa shape index (κ1) is 17.6. The molecule has 0 aliphatic rings. The van der Waals surface area contributed by atoms with Gasteiger partial charge in [-0.25, -0.2) is 0 Å². The zero-order chi connectivity index (χ0) is 17.5. The Morgan fingerprint density at radius 2 is 2.04 bits per heavy atom. The molecule has 0 aliphatic carbocycles. The van der Waals surface area contributed by atoms with Crippen LogP contribution >= 0.6 is 23.2 Å². The molecule has 0 saturated heterocycles. The van der Waals surface area contributed by atoms with E-state index in [-0.39, 0.29) is 26.9 Å². The Morgan fingerprint density at radius 3 is 2.52 bits per heavy atom. The normalized spacial score (nSPS) is 12.9. The molecule has 11 heteroatoms. The van der Waals surface area contributed by atoms with Crippen molar-refractivity contribution >= 4 is 39.7 Å². The number of benzene rings is 1. The van der Waals surface area contributed by atoms with Crippen LogP contribution in [0.3, 0.4) is 0 Å². The highest BCUT2D eigenvalue weighted by Gasteiger charge is 2.36. The number of halogens is 5. The highest BCUT2D eigenvalue weighted by molar-refractivity contribution is 7.84. The van der Waals surface area contributed by atoms with Crippen molar-refractivity contribution in [3.8, 4) is 17.3 Å². The van der Waals surface area contributed by atoms with Gasteiger partial charge in [0.2, 0.25) is 0 Å². The maximum absolute atomic E-state index is 12.9. The Balaban J connectivity index is 2.82. The van der Waals surface area contributed by atoms with Gasteiger partial charge >= 0.3 is 6.18 Å². The number of hydrogen-bond donors (Lipinski definition) is 2. The van der Waals surface area contributed by atoms with Gasteiger partial charge in [-0.3, -0.25) is 9.31 Å². The number of anilines is 1. The number of nitrogens with zero attached hydrogens (tertiary/aromatic N) is 2. The van der Waals surface area contributed by atoms with Crippen LogP contribution in [-0.4, -0.2) is 20.7 Å². The van der Waals surface area contributed by atoms with E-state index in [1.54, 1.807) is 6.07 Å². The predicted octanol–water partition coefficient (Wildman–Crippen LogP) is 3.59. The molecule has 1 unspecified atom stereocenters. The van der Waals surface area contributed by atoms with Crippen LogP contribution in [0.2, 0.25) is 10.0 Å². The van der Waals surface area contributed by atoms with Gasteiger partial charge in [-0.05, 0) is 6.07 Å². The maximum atomic E-state index is 12.9. The third-order valence-corrected chi connectivity index (χ3v) is 4.59. The molecule has 3 N–H and O–H groups in total. The van der Waals surface area contributed by atoms with Crippen LogP contribution in [0.15, 0.2) is 11.0 Å². The number of H-pyrrole nitrogens is 1. The van der Waals surface area contributed by atoms with Gasteiger partial charge < -0.3 is 5.73 Å². The molecule has 2 rings (SSSR count). The van der Waals surface area contributed by atoms with E-state index in [1.165, 1.54) is 6.26 Å². The van der Waals surface area contributed by atoms with Gasteiger partial charge in [0.1, 0.15) is 11.0 Å². The molecule has 0 spiro atoms. The van der Waals surface area contributed by atoms with E-state index in [0.29, 0.717) is 6.07 Å². The van der Waals surface area contributed by atoms with Crippen LogP contribution in [0.4, 0.5) is 18.9 Å². The average Bonchev–Trinajstić information content (AvgIpc) is 2.85. The summed E-state index contributed by atoms with van der Waals surface area (Å²) in [5.74, 6) is 0. The standard InChI is InChI=1S/C12H7Cl2F3N4OS/c1-23(22)11-6(3-18)20-21-10(11)7-5(13)2-4(12(15,16)17)9(19)8(7)14/h2H,19H2,1H3,(H,20,21). The molecule has 1 aromatic carbocycles. The summed E-state index contributed by atoms with van der Waals surface area (Å²) >= 11 is 11.8. The molecule has 0 amide bonds. The summed E-state index contributed by atoms with van der Waals surface area (Å²) in [6.45, 7) is 0. The van der Waals surface area contributed by atoms with Crippen LogP contribution < -0.4 is 5.73 Å². The molecular weight excluding hydrogens is 376 g/mol. The molecule has 122 valence electrons. The summed E-state index contributed by atoms with van der Waals surface area (Å²) in [6, 6.07) is 2.34. The van der Waals surface area contributed by atoms with E-state index in [4.69, 9.17) is 34.2 Å². The second-order valence-corrected chi connectivity index (χ2v) is 6.45. The third kappa shape index (κ3) is 3.02.